The molecule has 0 fully saturated rings. The summed E-state index contributed by atoms with van der Waals surface area (Å²) < 4.78 is 1.63. The molecule has 21 heavy (non-hydrogen) atoms. The van der Waals surface area contributed by atoms with E-state index in [2.05, 4.69) is 17.2 Å². The van der Waals surface area contributed by atoms with Crippen LogP contribution >= 0.6 is 11.8 Å². The minimum Gasteiger partial charge on any atom is -0.396 e. The molecule has 112 valence electrons. The number of aromatic nitrogens is 2. The zero-order chi connectivity index (χ0) is 15.4. The first kappa shape index (κ1) is 15.4. The van der Waals surface area contributed by atoms with Crippen molar-refractivity contribution in [1.82, 2.24) is 14.7 Å². The second-order valence-electron chi connectivity index (χ2n) is 4.77. The Labute approximate surface area is 129 Å². The molecule has 1 aromatic carbocycles. The number of nitrogens with two attached hydrogens (primary N) is 1. The fourth-order valence-corrected chi connectivity index (χ4v) is 2.54. The molecule has 0 atom stereocenters. The van der Waals surface area contributed by atoms with Crippen LogP contribution in [-0.2, 0) is 13.1 Å². The Balaban J connectivity index is 2.13. The maximum absolute atomic E-state index is 12.5. The Morgan fingerprint density at radius 3 is 2.62 bits per heavy atom. The van der Waals surface area contributed by atoms with Gasteiger partial charge in [0.2, 0.25) is 0 Å². The number of anilines is 1. The highest BCUT2D eigenvalue weighted by Crippen LogP contribution is 2.17. The van der Waals surface area contributed by atoms with Gasteiger partial charge in [-0.25, -0.2) is 0 Å². The van der Waals surface area contributed by atoms with Gasteiger partial charge in [-0.15, -0.1) is 11.8 Å². The lowest BCUT2D eigenvalue weighted by Gasteiger charge is -2.18. The quantitative estimate of drug-likeness (QED) is 0.862. The van der Waals surface area contributed by atoms with Crippen LogP contribution in [0, 0.1) is 0 Å². The molecule has 1 amide bonds. The van der Waals surface area contributed by atoms with Crippen LogP contribution in [0.15, 0.2) is 35.4 Å². The van der Waals surface area contributed by atoms with E-state index in [4.69, 9.17) is 5.73 Å². The van der Waals surface area contributed by atoms with Crippen molar-refractivity contribution in [3.8, 4) is 0 Å². The number of hydrogen-bond donors (Lipinski definition) is 1. The van der Waals surface area contributed by atoms with Crippen molar-refractivity contribution < 1.29 is 4.79 Å². The number of hydrogen-bond acceptors (Lipinski definition) is 4. The summed E-state index contributed by atoms with van der Waals surface area (Å²) in [5.41, 5.74) is 7.82. The van der Waals surface area contributed by atoms with E-state index in [0.29, 0.717) is 24.5 Å². The number of rotatable bonds is 5. The summed E-state index contributed by atoms with van der Waals surface area (Å²) in [6.07, 6.45) is 3.57. The molecule has 6 heteroatoms. The van der Waals surface area contributed by atoms with Gasteiger partial charge in [-0.1, -0.05) is 12.1 Å². The average molecular weight is 304 g/mol. The van der Waals surface area contributed by atoms with E-state index in [0.717, 1.165) is 5.56 Å². The lowest BCUT2D eigenvalue weighted by Crippen LogP contribution is -2.29. The zero-order valence-electron chi connectivity index (χ0n) is 12.5. The maximum Gasteiger partial charge on any atom is 0.274 e. The Bertz CT molecular complexity index is 621. The Morgan fingerprint density at radius 2 is 2.05 bits per heavy atom. The van der Waals surface area contributed by atoms with Gasteiger partial charge < -0.3 is 10.6 Å². The number of carbonyl (C=O) groups is 1. The summed E-state index contributed by atoms with van der Waals surface area (Å²) in [7, 11) is 1.78. The molecule has 0 aliphatic heterocycles. The molecule has 5 nitrogen and oxygen atoms in total. The summed E-state index contributed by atoms with van der Waals surface area (Å²) in [5.74, 6) is -0.110. The topological polar surface area (TPSA) is 64.2 Å². The van der Waals surface area contributed by atoms with Gasteiger partial charge in [0.15, 0.2) is 0 Å². The van der Waals surface area contributed by atoms with Crippen molar-refractivity contribution in [1.29, 1.82) is 0 Å². The van der Waals surface area contributed by atoms with Gasteiger partial charge in [-0.2, -0.15) is 5.10 Å². The van der Waals surface area contributed by atoms with E-state index < -0.39 is 0 Å². The molecule has 0 saturated heterocycles. The van der Waals surface area contributed by atoms with Crippen LogP contribution in [0.25, 0.3) is 0 Å². The largest absolute Gasteiger partial charge is 0.396 e. The van der Waals surface area contributed by atoms with Crippen LogP contribution in [0.4, 0.5) is 5.69 Å². The predicted octanol–water partition coefficient (Wildman–Crippen LogP) is 2.48. The lowest BCUT2D eigenvalue weighted by molar-refractivity contribution is 0.0774. The number of nitrogens with zero attached hydrogens (tertiary/aromatic N) is 3. The van der Waals surface area contributed by atoms with Crippen molar-refractivity contribution in [2.45, 2.75) is 24.9 Å². The summed E-state index contributed by atoms with van der Waals surface area (Å²) in [5, 5.41) is 4.11. The normalized spacial score (nSPS) is 10.6. The third-order valence-electron chi connectivity index (χ3n) is 3.30. The highest BCUT2D eigenvalue weighted by Gasteiger charge is 2.20. The summed E-state index contributed by atoms with van der Waals surface area (Å²) in [6, 6.07) is 8.19. The van der Waals surface area contributed by atoms with Crippen molar-refractivity contribution in [2.75, 3.05) is 19.0 Å². The van der Waals surface area contributed by atoms with Gasteiger partial charge >= 0.3 is 0 Å². The van der Waals surface area contributed by atoms with Gasteiger partial charge in [-0.3, -0.25) is 9.48 Å². The molecule has 1 heterocycles. The number of carbonyl (C=O) groups excluding carboxylic acids is 1. The van der Waals surface area contributed by atoms with Crippen LogP contribution in [0.2, 0.25) is 0 Å². The molecular formula is C15H20N4OS. The molecule has 0 aliphatic carbocycles. The number of thioether (sulfide) groups is 1. The Kier molecular flexibility index (Phi) is 4.90. The summed E-state index contributed by atoms with van der Waals surface area (Å²) in [4.78, 5) is 15.4. The minimum atomic E-state index is -0.110. The first-order chi connectivity index (χ1) is 10.1. The summed E-state index contributed by atoms with van der Waals surface area (Å²) in [6.45, 7) is 3.10. The van der Waals surface area contributed by atoms with Gasteiger partial charge in [0.05, 0.1) is 11.9 Å². The fraction of sp³-hybridized carbons (Fsp3) is 0.333. The van der Waals surface area contributed by atoms with E-state index in [1.54, 1.807) is 28.4 Å². The molecule has 0 bridgehead atoms. The molecule has 2 rings (SSSR count). The Hall–Kier alpha value is -1.95. The number of aryl methyl sites for hydroxylation is 1. The SMILES string of the molecule is CCn1ncc(N)c1C(=O)N(C)Cc1ccc(SC)cc1. The predicted molar refractivity (Wildman–Crippen MR) is 86.3 cm³/mol. The molecular weight excluding hydrogens is 284 g/mol. The first-order valence-electron chi connectivity index (χ1n) is 6.76. The Morgan fingerprint density at radius 1 is 1.38 bits per heavy atom. The van der Waals surface area contributed by atoms with E-state index in [-0.39, 0.29) is 5.91 Å². The van der Waals surface area contributed by atoms with Crippen LogP contribution in [0.1, 0.15) is 23.0 Å². The molecule has 0 spiro atoms. The van der Waals surface area contributed by atoms with Gasteiger partial charge in [0.25, 0.3) is 5.91 Å². The summed E-state index contributed by atoms with van der Waals surface area (Å²) >= 11 is 1.70. The van der Waals surface area contributed by atoms with E-state index in [9.17, 15) is 4.79 Å². The maximum atomic E-state index is 12.5. The molecule has 2 aromatic rings. The smallest absolute Gasteiger partial charge is 0.274 e. The monoisotopic (exact) mass is 304 g/mol. The first-order valence-corrected chi connectivity index (χ1v) is 7.99. The highest BCUT2D eigenvalue weighted by atomic mass is 32.2. The van der Waals surface area contributed by atoms with Crippen molar-refractivity contribution in [3.63, 3.8) is 0 Å². The molecule has 0 radical (unpaired) electrons. The van der Waals surface area contributed by atoms with E-state index >= 15 is 0 Å². The molecule has 0 unspecified atom stereocenters. The molecule has 0 aliphatic rings. The van der Waals surface area contributed by atoms with Crippen molar-refractivity contribution >= 4 is 23.4 Å². The molecule has 1 aromatic heterocycles. The molecule has 0 saturated carbocycles. The zero-order valence-corrected chi connectivity index (χ0v) is 13.4. The number of nitrogen functional groups attached to an aromatic ring is 1. The second-order valence-corrected chi connectivity index (χ2v) is 5.65. The van der Waals surface area contributed by atoms with E-state index in [1.165, 1.54) is 11.1 Å². The lowest BCUT2D eigenvalue weighted by atomic mass is 10.2. The van der Waals surface area contributed by atoms with Crippen LogP contribution < -0.4 is 5.73 Å². The molecule has 2 N–H and O–H groups in total. The van der Waals surface area contributed by atoms with Crippen LogP contribution in [0.3, 0.4) is 0 Å². The third kappa shape index (κ3) is 3.39. The minimum absolute atomic E-state index is 0.110. The van der Waals surface area contributed by atoms with Gasteiger partial charge in [0.1, 0.15) is 5.69 Å². The van der Waals surface area contributed by atoms with Crippen molar-refractivity contribution in [2.24, 2.45) is 0 Å². The number of benzene rings is 1. The van der Waals surface area contributed by atoms with Crippen molar-refractivity contribution in [3.05, 3.63) is 41.7 Å². The third-order valence-corrected chi connectivity index (χ3v) is 4.04. The number of amides is 1. The fourth-order valence-electron chi connectivity index (χ4n) is 2.13. The second kappa shape index (κ2) is 6.67. The highest BCUT2D eigenvalue weighted by molar-refractivity contribution is 7.98. The van der Waals surface area contributed by atoms with Crippen LogP contribution in [-0.4, -0.2) is 33.9 Å². The standard InChI is InChI=1S/C15H20N4OS/c1-4-19-14(13(16)9-17-19)15(20)18(2)10-11-5-7-12(21-3)8-6-11/h5-9H,4,10,16H2,1-3H3. The average Bonchev–Trinajstić information content (AvgIpc) is 2.88. The van der Waals surface area contributed by atoms with Crippen LogP contribution in [0.5, 0.6) is 0 Å². The van der Waals surface area contributed by atoms with Gasteiger partial charge in [0, 0.05) is 25.0 Å². The van der Waals surface area contributed by atoms with E-state index in [1.807, 2.05) is 25.3 Å². The van der Waals surface area contributed by atoms with Gasteiger partial charge in [-0.05, 0) is 30.9 Å².